The van der Waals surface area contributed by atoms with Crippen LogP contribution in [0, 0.1) is 34.3 Å². The highest BCUT2D eigenvalue weighted by Crippen LogP contribution is 2.36. The molecule has 1 fully saturated rings. The molecule has 17 heteroatoms. The number of hydrogen-bond donors (Lipinski definition) is 3. The number of nitrogens with zero attached hydrogens (tertiary/aromatic N) is 3. The summed E-state index contributed by atoms with van der Waals surface area (Å²) in [5.41, 5.74) is 0.980. The molecule has 374 valence electrons. The molecule has 68 heavy (non-hydrogen) atoms. The molecule has 1 aromatic heterocycles. The molecule has 0 radical (unpaired) electrons. The molecule has 3 aromatic rings. The summed E-state index contributed by atoms with van der Waals surface area (Å²) >= 11 is 1.19. The van der Waals surface area contributed by atoms with Gasteiger partial charge in [0.25, 0.3) is 18.1 Å². The predicted octanol–water partition coefficient (Wildman–Crippen LogP) is 9.77. The molecule has 15 nitrogen and oxygen atoms in total. The number of nitro benzene ring substituents is 1. The van der Waals surface area contributed by atoms with E-state index in [0.717, 1.165) is 35.1 Å². The Balaban J connectivity index is 0.00000243. The van der Waals surface area contributed by atoms with Crippen molar-refractivity contribution in [2.45, 2.75) is 110 Å². The van der Waals surface area contributed by atoms with E-state index in [1.807, 2.05) is 77.1 Å². The summed E-state index contributed by atoms with van der Waals surface area (Å²) in [4.78, 5) is 53.8. The number of methoxy groups -OCH3 is 1. The van der Waals surface area contributed by atoms with Crippen molar-refractivity contribution in [2.24, 2.45) is 11.3 Å². The molecule has 2 heterocycles. The lowest BCUT2D eigenvalue weighted by Crippen LogP contribution is -2.53. The van der Waals surface area contributed by atoms with Crippen molar-refractivity contribution in [3.63, 3.8) is 0 Å². The molecule has 1 saturated heterocycles. The Bertz CT molecular complexity index is 2190. The molecule has 0 saturated carbocycles. The molecule has 4 rings (SSSR count). The van der Waals surface area contributed by atoms with Crippen molar-refractivity contribution in [2.75, 3.05) is 33.9 Å². The van der Waals surface area contributed by atoms with Gasteiger partial charge in [0, 0.05) is 36.1 Å². The molecule has 0 spiro atoms. The maximum Gasteiger partial charge on any atom is 0.293 e. The monoisotopic (exact) mass is 978 g/mol. The van der Waals surface area contributed by atoms with Crippen molar-refractivity contribution < 1.29 is 37.7 Å². The first-order chi connectivity index (χ1) is 32.3. The highest BCUT2D eigenvalue weighted by atomic mass is 32.2. The highest BCUT2D eigenvalue weighted by molar-refractivity contribution is 7.98. The predicted molar refractivity (Wildman–Crippen MR) is 279 cm³/mol. The first-order valence-electron chi connectivity index (χ1n) is 22.2. The molecule has 2 aromatic carbocycles. The van der Waals surface area contributed by atoms with Crippen LogP contribution in [0.1, 0.15) is 94.2 Å². The molecular formula is C51H74N6O9S2. The minimum Gasteiger partial charge on any atom is -0.497 e. The summed E-state index contributed by atoms with van der Waals surface area (Å²) in [5.74, 6) is 1.34. The average molecular weight is 979 g/mol. The van der Waals surface area contributed by atoms with Gasteiger partial charge >= 0.3 is 0 Å². The lowest BCUT2D eigenvalue weighted by molar-refractivity contribution is -0.385. The number of non-ortho nitro benzene ring substituents is 1. The number of ether oxygens (including phenoxy) is 3. The van der Waals surface area contributed by atoms with Crippen LogP contribution in [-0.2, 0) is 30.1 Å². The van der Waals surface area contributed by atoms with Crippen LogP contribution in [0.25, 0.3) is 16.5 Å². The summed E-state index contributed by atoms with van der Waals surface area (Å²) in [6, 6.07) is 12.8. The fourth-order valence-electron chi connectivity index (χ4n) is 5.78. The number of terminal acetylenes is 1. The Kier molecular flexibility index (Phi) is 30.0. The van der Waals surface area contributed by atoms with Crippen molar-refractivity contribution in [3.05, 3.63) is 108 Å². The third-order valence-electron chi connectivity index (χ3n) is 8.87. The summed E-state index contributed by atoms with van der Waals surface area (Å²) in [5, 5.41) is 14.5. The number of amides is 2. The second-order valence-electron chi connectivity index (χ2n) is 16.8. The van der Waals surface area contributed by atoms with Gasteiger partial charge in [-0.1, -0.05) is 117 Å². The third kappa shape index (κ3) is 21.9. The summed E-state index contributed by atoms with van der Waals surface area (Å²) in [6.45, 7) is 29.1. The number of rotatable bonds is 20. The van der Waals surface area contributed by atoms with E-state index >= 15 is 0 Å². The number of carbonyl (C=O) groups is 3. The first kappa shape index (κ1) is 62.2. The zero-order valence-electron chi connectivity index (χ0n) is 42.0. The Morgan fingerprint density at radius 3 is 2.28 bits per heavy atom. The van der Waals surface area contributed by atoms with Crippen molar-refractivity contribution in [3.8, 4) is 24.3 Å². The van der Waals surface area contributed by atoms with Crippen molar-refractivity contribution >= 4 is 63.4 Å². The van der Waals surface area contributed by atoms with Gasteiger partial charge < -0.3 is 24.4 Å². The van der Waals surface area contributed by atoms with Gasteiger partial charge in [0.15, 0.2) is 11.0 Å². The maximum absolute atomic E-state index is 13.5. The van der Waals surface area contributed by atoms with Gasteiger partial charge in [-0.25, -0.2) is 13.9 Å². The number of nitrogens with one attached hydrogen (secondary N) is 3. The quantitative estimate of drug-likeness (QED) is 0.0185. The Morgan fingerprint density at radius 1 is 1.09 bits per heavy atom. The number of pyridine rings is 1. The molecule has 4 atom stereocenters. The normalized spacial score (nSPS) is 15.5. The number of aromatic nitrogens is 1. The summed E-state index contributed by atoms with van der Waals surface area (Å²) in [6.07, 6.45) is 17.9. The highest BCUT2D eigenvalue weighted by Gasteiger charge is 2.40. The maximum atomic E-state index is 13.5. The van der Waals surface area contributed by atoms with E-state index in [1.165, 1.54) is 30.1 Å². The molecule has 0 bridgehead atoms. The van der Waals surface area contributed by atoms with Gasteiger partial charge in [-0.3, -0.25) is 29.2 Å². The van der Waals surface area contributed by atoms with E-state index in [4.69, 9.17) is 14.5 Å². The van der Waals surface area contributed by atoms with E-state index in [1.54, 1.807) is 38.1 Å². The molecule has 1 unspecified atom stereocenters. The summed E-state index contributed by atoms with van der Waals surface area (Å²) < 4.78 is 35.4. The molecule has 3 N–H and O–H groups in total. The molecule has 0 aliphatic carbocycles. The SMILES string of the molecule is C#C.C=C/C=C\C=C(/CC)c1cc(O[C@@H]2C[C@@H](SN[C@@](C)(CC=C)C(=O)NS(=O)c3cccc([N+](=O)[O-])c3)N(C(=O)CNC)C2)c2ccc(OC)cc2n1.CC.CC(C)(C)COC=O.CC(C)C. The van der Waals surface area contributed by atoms with Crippen LogP contribution >= 0.6 is 11.9 Å². The fourth-order valence-corrected chi connectivity index (χ4v) is 7.93. The van der Waals surface area contributed by atoms with Crippen molar-refractivity contribution in [1.82, 2.24) is 24.6 Å². The topological polar surface area (TPSA) is 191 Å². The second-order valence-corrected chi connectivity index (χ2v) is 19.0. The van der Waals surface area contributed by atoms with E-state index in [0.29, 0.717) is 36.5 Å². The number of nitro groups is 1. The molecule has 2 amide bonds. The number of likely N-dealkylation sites (N-methyl/N-ethyl adjacent to an activating group) is 1. The van der Waals surface area contributed by atoms with E-state index in [2.05, 4.69) is 73.2 Å². The van der Waals surface area contributed by atoms with Crippen LogP contribution < -0.4 is 24.2 Å². The van der Waals surface area contributed by atoms with E-state index in [9.17, 15) is 28.7 Å². The van der Waals surface area contributed by atoms with Crippen LogP contribution in [0.2, 0.25) is 0 Å². The molecule has 1 aliphatic heterocycles. The second kappa shape index (κ2) is 32.8. The van der Waals surface area contributed by atoms with Gasteiger partial charge in [-0.15, -0.1) is 19.4 Å². The van der Waals surface area contributed by atoms with Gasteiger partial charge in [0.2, 0.25) is 5.91 Å². The van der Waals surface area contributed by atoms with Crippen LogP contribution in [0.4, 0.5) is 5.69 Å². The number of likely N-dealkylation sites (tertiary alicyclic amines) is 1. The number of benzene rings is 2. The van der Waals surface area contributed by atoms with Crippen LogP contribution in [-0.4, -0.2) is 88.2 Å². The number of carbonyl (C=O) groups excluding carboxylic acids is 3. The molecular weight excluding hydrogens is 905 g/mol. The van der Waals surface area contributed by atoms with E-state index < -0.39 is 38.8 Å². The zero-order valence-corrected chi connectivity index (χ0v) is 43.6. The van der Waals surface area contributed by atoms with Gasteiger partial charge in [0.1, 0.15) is 23.1 Å². The lowest BCUT2D eigenvalue weighted by Gasteiger charge is -2.31. The fraction of sp³-hybridized carbons (Fsp3) is 0.451. The number of fused-ring (bicyclic) bond motifs is 1. The van der Waals surface area contributed by atoms with E-state index in [-0.39, 0.29) is 41.4 Å². The minimum atomic E-state index is -2.07. The Morgan fingerprint density at radius 2 is 1.75 bits per heavy atom. The Labute approximate surface area is 411 Å². The lowest BCUT2D eigenvalue weighted by atomic mass is 9.99. The molecule has 1 aliphatic rings. The largest absolute Gasteiger partial charge is 0.497 e. The van der Waals surface area contributed by atoms with Gasteiger partial charge in [-0.05, 0) is 61.9 Å². The standard InChI is InChI=1S/C37H44N6O7S2.C6H12O2.C4H10.C2H6.C2H2/c1-7-10-11-13-25(9-3)31-22-33(30-17-16-27(49-6)20-32(30)39-31)50-28-21-35(42(24-28)34(44)23-38-5)51-41-37(4,18-8-2)36(45)40-52(48)29-15-12-14-26(19-29)43(46)47;1-6(2,3)4-8-5-7;1-4(2)3;2*1-2/h7-8,10-17,19-20,22,28,35,38,41H,1-2,9,18,21,23-24H2,3-6H3,(H,40,45);5H,4H2,1-3H3;4H,1-3H3;1-2H3;1-2H/b11-10-,25-13+;;;;/t28-,35-,37+,52?;;;;/m1..../s1. The van der Waals surface area contributed by atoms with Crippen molar-refractivity contribution in [1.29, 1.82) is 0 Å². The van der Waals surface area contributed by atoms with Crippen LogP contribution in [0.15, 0.2) is 97.0 Å². The van der Waals surface area contributed by atoms with Crippen LogP contribution in [0.5, 0.6) is 11.5 Å². The van der Waals surface area contributed by atoms with Gasteiger partial charge in [0.05, 0.1) is 53.2 Å². The third-order valence-corrected chi connectivity index (χ3v) is 11.2. The first-order valence-corrected chi connectivity index (χ1v) is 24.3. The number of allylic oxidation sites excluding steroid dienone is 5. The van der Waals surface area contributed by atoms with Gasteiger partial charge in [-0.2, -0.15) is 0 Å². The summed E-state index contributed by atoms with van der Waals surface area (Å²) in [7, 11) is 1.22. The Hall–Kier alpha value is -5.80. The van der Waals surface area contributed by atoms with Crippen LogP contribution in [0.3, 0.4) is 0 Å². The smallest absolute Gasteiger partial charge is 0.293 e. The average Bonchev–Trinajstić information content (AvgIpc) is 3.72. The zero-order chi connectivity index (χ0) is 52.0. The number of hydrogen-bond acceptors (Lipinski definition) is 13. The minimum absolute atomic E-state index is 0.0794.